The highest BCUT2D eigenvalue weighted by Gasteiger charge is 2.52. The number of carboxylic acids is 1. The number of nitrogens with zero attached hydrogens (tertiary/aromatic N) is 2. The van der Waals surface area contributed by atoms with Crippen molar-refractivity contribution < 1.29 is 34.5 Å². The SMILES string of the molecule is CCC(CC)[C@H](NC(C)=O)[C@@H]1[C@H](O)[C@@H](C(=O)O)C[C@H]1N=C(N)NC(=O)[C@H]1C[C@@H](N=C(N)N)[C@H]([C@@H](NC(C)=O)C(CC)CC)[C@@H]1O. The molecular formula is C30H54N8O7. The molecule has 45 heavy (non-hydrogen) atoms. The standard InChI is InChI=1S/C30H54N8O7/c1-7-15(8-2)23(34-13(5)39)21-19(36-29(31)32)11-17(25(21)41)27(43)38-30(33)37-20-12-18(28(44)45)26(42)22(20)24(35-14(6)40)16(9-3)10-4/h15-26,41-42H,7-12H2,1-6H3,(H,34,39)(H,35,40)(H,44,45)(H4,31,32,36)(H3,33,37,38,43)/t17-,18-,19+,20+,21+,22+,23-,24-,25+,26+/m0/s1. The van der Waals surface area contributed by atoms with E-state index < -0.39 is 71.9 Å². The minimum absolute atomic E-state index is 0.0155. The molecule has 0 unspecified atom stereocenters. The smallest absolute Gasteiger partial charge is 0.309 e. The van der Waals surface area contributed by atoms with Gasteiger partial charge < -0.3 is 43.2 Å². The van der Waals surface area contributed by atoms with Gasteiger partial charge in [0.15, 0.2) is 11.9 Å². The lowest BCUT2D eigenvalue weighted by Crippen LogP contribution is -2.52. The molecule has 0 saturated heterocycles. The predicted molar refractivity (Wildman–Crippen MR) is 169 cm³/mol. The van der Waals surface area contributed by atoms with Crippen molar-refractivity contribution in [1.29, 1.82) is 0 Å². The normalized spacial score (nSPS) is 29.7. The van der Waals surface area contributed by atoms with Crippen molar-refractivity contribution in [3.63, 3.8) is 0 Å². The second kappa shape index (κ2) is 16.7. The largest absolute Gasteiger partial charge is 0.481 e. The zero-order valence-corrected chi connectivity index (χ0v) is 27.3. The van der Waals surface area contributed by atoms with Gasteiger partial charge in [0.2, 0.25) is 17.7 Å². The molecule has 256 valence electrons. The molecule has 15 nitrogen and oxygen atoms in total. The van der Waals surface area contributed by atoms with Gasteiger partial charge >= 0.3 is 5.97 Å². The maximum Gasteiger partial charge on any atom is 0.309 e. The number of nitrogens with two attached hydrogens (primary N) is 3. The molecule has 2 aliphatic rings. The molecule has 2 saturated carbocycles. The molecule has 2 rings (SSSR count). The van der Waals surface area contributed by atoms with Gasteiger partial charge in [0.25, 0.3) is 0 Å². The average Bonchev–Trinajstić information content (AvgIpc) is 3.43. The highest BCUT2D eigenvalue weighted by atomic mass is 16.4. The number of hydrogen-bond donors (Lipinski definition) is 9. The van der Waals surface area contributed by atoms with Gasteiger partial charge in [-0.1, -0.05) is 53.4 Å². The van der Waals surface area contributed by atoms with E-state index in [1.807, 2.05) is 27.7 Å². The van der Waals surface area contributed by atoms with Crippen LogP contribution in [0.5, 0.6) is 0 Å². The highest BCUT2D eigenvalue weighted by molar-refractivity contribution is 5.97. The fourth-order valence-corrected chi connectivity index (χ4v) is 7.54. The molecular weight excluding hydrogens is 584 g/mol. The Morgan fingerprint density at radius 2 is 1.13 bits per heavy atom. The number of rotatable bonds is 14. The maximum absolute atomic E-state index is 13.5. The molecule has 0 bridgehead atoms. The van der Waals surface area contributed by atoms with E-state index in [0.29, 0.717) is 25.7 Å². The Kier molecular flexibility index (Phi) is 14.0. The van der Waals surface area contributed by atoms with Crippen molar-refractivity contribution in [2.75, 3.05) is 0 Å². The van der Waals surface area contributed by atoms with Gasteiger partial charge in [0.1, 0.15) is 0 Å². The summed E-state index contributed by atoms with van der Waals surface area (Å²) in [5.74, 6) is -6.66. The fraction of sp³-hybridized carbons (Fsp3) is 0.800. The summed E-state index contributed by atoms with van der Waals surface area (Å²) >= 11 is 0. The van der Waals surface area contributed by atoms with E-state index >= 15 is 0 Å². The van der Waals surface area contributed by atoms with E-state index in [1.54, 1.807) is 0 Å². The summed E-state index contributed by atoms with van der Waals surface area (Å²) in [5.41, 5.74) is 17.6. The Balaban J connectivity index is 2.42. The lowest BCUT2D eigenvalue weighted by Gasteiger charge is -2.35. The summed E-state index contributed by atoms with van der Waals surface area (Å²) in [6.07, 6.45) is 0.214. The summed E-state index contributed by atoms with van der Waals surface area (Å²) < 4.78 is 0. The predicted octanol–water partition coefficient (Wildman–Crippen LogP) is -0.612. The molecule has 0 aromatic carbocycles. The van der Waals surface area contributed by atoms with Gasteiger partial charge in [0, 0.05) is 37.8 Å². The van der Waals surface area contributed by atoms with Crippen LogP contribution in [0.15, 0.2) is 9.98 Å². The third kappa shape index (κ3) is 9.28. The van der Waals surface area contributed by atoms with Gasteiger partial charge in [-0.25, -0.2) is 9.98 Å². The first-order valence-corrected chi connectivity index (χ1v) is 16.0. The molecule has 15 heteroatoms. The minimum Gasteiger partial charge on any atom is -0.481 e. The molecule has 10 atom stereocenters. The van der Waals surface area contributed by atoms with Crippen LogP contribution in [-0.2, 0) is 19.2 Å². The van der Waals surface area contributed by atoms with Crippen LogP contribution >= 0.6 is 0 Å². The van der Waals surface area contributed by atoms with Gasteiger partial charge in [-0.3, -0.25) is 24.5 Å². The molecule has 2 aliphatic carbocycles. The Bertz CT molecular complexity index is 1110. The Morgan fingerprint density at radius 3 is 1.51 bits per heavy atom. The van der Waals surface area contributed by atoms with E-state index in [-0.39, 0.29) is 48.4 Å². The van der Waals surface area contributed by atoms with Crippen LogP contribution in [-0.4, -0.2) is 87.3 Å². The van der Waals surface area contributed by atoms with Crippen molar-refractivity contribution in [2.24, 2.45) is 62.7 Å². The summed E-state index contributed by atoms with van der Waals surface area (Å²) in [4.78, 5) is 58.6. The Hall–Kier alpha value is -3.46. The molecule has 0 heterocycles. The number of hydrogen-bond acceptors (Lipinski definition) is 8. The van der Waals surface area contributed by atoms with Crippen LogP contribution in [0.3, 0.4) is 0 Å². The number of amides is 3. The van der Waals surface area contributed by atoms with Crippen molar-refractivity contribution in [3.8, 4) is 0 Å². The summed E-state index contributed by atoms with van der Waals surface area (Å²) in [7, 11) is 0. The summed E-state index contributed by atoms with van der Waals surface area (Å²) in [6.45, 7) is 10.6. The number of aliphatic hydroxyl groups excluding tert-OH is 2. The fourth-order valence-electron chi connectivity index (χ4n) is 7.54. The van der Waals surface area contributed by atoms with E-state index in [0.717, 1.165) is 0 Å². The zero-order valence-electron chi connectivity index (χ0n) is 27.3. The highest BCUT2D eigenvalue weighted by Crippen LogP contribution is 2.41. The van der Waals surface area contributed by atoms with E-state index in [1.165, 1.54) is 13.8 Å². The number of aliphatic imine (C=N–C) groups is 2. The molecule has 0 aromatic heterocycles. The first-order chi connectivity index (χ1) is 21.1. The molecule has 0 radical (unpaired) electrons. The third-order valence-corrected chi connectivity index (χ3v) is 9.70. The lowest BCUT2D eigenvalue weighted by atomic mass is 9.80. The number of carboxylic acid groups (broad SMARTS) is 1. The van der Waals surface area contributed by atoms with Crippen molar-refractivity contribution in [3.05, 3.63) is 0 Å². The van der Waals surface area contributed by atoms with E-state index in [9.17, 15) is 34.5 Å². The first-order valence-electron chi connectivity index (χ1n) is 16.0. The number of guanidine groups is 2. The van der Waals surface area contributed by atoms with Crippen LogP contribution in [0.4, 0.5) is 0 Å². The number of carbonyl (C=O) groups excluding carboxylic acids is 3. The number of nitrogens with one attached hydrogen (secondary N) is 3. The molecule has 0 aliphatic heterocycles. The number of carbonyl (C=O) groups is 4. The van der Waals surface area contributed by atoms with E-state index in [2.05, 4.69) is 25.9 Å². The third-order valence-electron chi connectivity index (χ3n) is 9.70. The van der Waals surface area contributed by atoms with Crippen LogP contribution in [0.1, 0.15) is 80.1 Å². The Labute approximate surface area is 265 Å². The first kappa shape index (κ1) is 37.7. The molecule has 3 amide bonds. The van der Waals surface area contributed by atoms with Gasteiger partial charge in [-0.2, -0.15) is 0 Å². The van der Waals surface area contributed by atoms with Crippen LogP contribution in [0.2, 0.25) is 0 Å². The minimum atomic E-state index is -1.31. The van der Waals surface area contributed by atoms with Crippen LogP contribution in [0, 0.1) is 35.5 Å². The summed E-state index contributed by atoms with van der Waals surface area (Å²) in [5, 5.41) is 40.8. The van der Waals surface area contributed by atoms with Gasteiger partial charge in [-0.15, -0.1) is 0 Å². The Morgan fingerprint density at radius 1 is 0.733 bits per heavy atom. The van der Waals surface area contributed by atoms with Gasteiger partial charge in [-0.05, 0) is 24.7 Å². The van der Waals surface area contributed by atoms with Crippen LogP contribution < -0.4 is 33.2 Å². The quantitative estimate of drug-likeness (QED) is 0.0860. The molecule has 12 N–H and O–H groups in total. The lowest BCUT2D eigenvalue weighted by molar-refractivity contribution is -0.145. The summed E-state index contributed by atoms with van der Waals surface area (Å²) in [6, 6.07) is -2.58. The van der Waals surface area contributed by atoms with Crippen molar-refractivity contribution in [1.82, 2.24) is 16.0 Å². The zero-order chi connectivity index (χ0) is 34.2. The number of aliphatic carboxylic acids is 1. The second-order valence-corrected chi connectivity index (χ2v) is 12.5. The van der Waals surface area contributed by atoms with Crippen molar-refractivity contribution in [2.45, 2.75) is 116 Å². The topological polar surface area (TPSA) is 268 Å². The van der Waals surface area contributed by atoms with Crippen molar-refractivity contribution >= 4 is 35.6 Å². The van der Waals surface area contributed by atoms with Gasteiger partial charge in [0.05, 0.1) is 36.1 Å². The molecule has 0 aromatic rings. The number of aliphatic hydroxyl groups is 2. The molecule has 2 fully saturated rings. The second-order valence-electron chi connectivity index (χ2n) is 12.5. The van der Waals surface area contributed by atoms with Crippen LogP contribution in [0.25, 0.3) is 0 Å². The average molecular weight is 639 g/mol. The molecule has 0 spiro atoms. The maximum atomic E-state index is 13.5. The monoisotopic (exact) mass is 638 g/mol. The van der Waals surface area contributed by atoms with E-state index in [4.69, 9.17) is 17.2 Å².